The zero-order valence-corrected chi connectivity index (χ0v) is 12.6. The van der Waals surface area contributed by atoms with Gasteiger partial charge in [0.05, 0.1) is 12.7 Å². The molecule has 0 unspecified atom stereocenters. The first-order valence-electron chi connectivity index (χ1n) is 8.07. The number of pyridine rings is 1. The molecule has 0 radical (unpaired) electrons. The van der Waals surface area contributed by atoms with E-state index < -0.39 is 0 Å². The predicted octanol–water partition coefficient (Wildman–Crippen LogP) is 3.67. The van der Waals surface area contributed by atoms with E-state index in [9.17, 15) is 0 Å². The molecule has 1 heterocycles. The first-order chi connectivity index (χ1) is 10.4. The number of fused-ring (bicyclic) bond motifs is 1. The number of nitrogens with zero attached hydrogens (tertiary/aromatic N) is 1. The summed E-state index contributed by atoms with van der Waals surface area (Å²) < 4.78 is 5.93. The molecule has 0 atom stereocenters. The standard InChI is InChI=1S/C18H24N2O/c1-2-7-17(8-3-1)21-11-10-19-13-16-14-20-12-15-6-4-5-9-18(15)16/h4-6,9,12,14,17,19H,1-3,7-8,10-11,13H2. The highest BCUT2D eigenvalue weighted by Gasteiger charge is 2.12. The van der Waals surface area contributed by atoms with Crippen LogP contribution in [0.25, 0.3) is 10.8 Å². The molecule has 1 aliphatic carbocycles. The summed E-state index contributed by atoms with van der Waals surface area (Å²) in [5.74, 6) is 0. The van der Waals surface area contributed by atoms with Crippen molar-refractivity contribution in [1.82, 2.24) is 10.3 Å². The second-order valence-electron chi connectivity index (χ2n) is 5.83. The second-order valence-corrected chi connectivity index (χ2v) is 5.83. The van der Waals surface area contributed by atoms with Gasteiger partial charge in [-0.1, -0.05) is 43.5 Å². The van der Waals surface area contributed by atoms with Crippen molar-refractivity contribution in [3.05, 3.63) is 42.2 Å². The molecular formula is C18H24N2O. The van der Waals surface area contributed by atoms with E-state index in [0.29, 0.717) is 6.10 Å². The molecule has 0 spiro atoms. The number of hydrogen-bond donors (Lipinski definition) is 1. The zero-order chi connectivity index (χ0) is 14.3. The van der Waals surface area contributed by atoms with Crippen LogP contribution in [-0.4, -0.2) is 24.2 Å². The lowest BCUT2D eigenvalue weighted by Crippen LogP contribution is -2.24. The molecule has 0 bridgehead atoms. The van der Waals surface area contributed by atoms with Crippen LogP contribution in [0.5, 0.6) is 0 Å². The molecule has 1 saturated carbocycles. The van der Waals surface area contributed by atoms with Crippen LogP contribution >= 0.6 is 0 Å². The van der Waals surface area contributed by atoms with Crippen molar-refractivity contribution in [2.75, 3.05) is 13.2 Å². The molecule has 3 rings (SSSR count). The SMILES string of the molecule is c1ccc2c(CNCCOC3CCCCC3)cncc2c1. The Hall–Kier alpha value is -1.45. The number of hydrogen-bond acceptors (Lipinski definition) is 3. The van der Waals surface area contributed by atoms with Gasteiger partial charge >= 0.3 is 0 Å². The van der Waals surface area contributed by atoms with Crippen molar-refractivity contribution in [3.63, 3.8) is 0 Å². The van der Waals surface area contributed by atoms with E-state index in [1.165, 1.54) is 48.4 Å². The van der Waals surface area contributed by atoms with Gasteiger partial charge in [-0.25, -0.2) is 0 Å². The molecule has 1 N–H and O–H groups in total. The lowest BCUT2D eigenvalue weighted by molar-refractivity contribution is 0.0302. The minimum atomic E-state index is 0.500. The largest absolute Gasteiger partial charge is 0.377 e. The first-order valence-corrected chi connectivity index (χ1v) is 8.07. The molecule has 21 heavy (non-hydrogen) atoms. The lowest BCUT2D eigenvalue weighted by atomic mass is 9.98. The molecular weight excluding hydrogens is 260 g/mol. The quantitative estimate of drug-likeness (QED) is 0.822. The van der Waals surface area contributed by atoms with E-state index in [-0.39, 0.29) is 0 Å². The van der Waals surface area contributed by atoms with E-state index in [2.05, 4.69) is 34.6 Å². The van der Waals surface area contributed by atoms with E-state index in [0.717, 1.165) is 19.7 Å². The molecule has 3 heteroatoms. The highest BCUT2D eigenvalue weighted by atomic mass is 16.5. The van der Waals surface area contributed by atoms with Crippen molar-refractivity contribution >= 4 is 10.8 Å². The van der Waals surface area contributed by atoms with Gasteiger partial charge in [-0.2, -0.15) is 0 Å². The van der Waals surface area contributed by atoms with Gasteiger partial charge < -0.3 is 10.1 Å². The van der Waals surface area contributed by atoms with E-state index in [1.54, 1.807) is 0 Å². The summed E-state index contributed by atoms with van der Waals surface area (Å²) in [6.45, 7) is 2.56. The average molecular weight is 284 g/mol. The fraction of sp³-hybridized carbons (Fsp3) is 0.500. The van der Waals surface area contributed by atoms with Crippen LogP contribution in [-0.2, 0) is 11.3 Å². The lowest BCUT2D eigenvalue weighted by Gasteiger charge is -2.22. The Morgan fingerprint density at radius 3 is 2.86 bits per heavy atom. The third-order valence-electron chi connectivity index (χ3n) is 4.25. The summed E-state index contributed by atoms with van der Waals surface area (Å²) in [4.78, 5) is 4.31. The molecule has 0 amide bonds. The third kappa shape index (κ3) is 4.02. The van der Waals surface area contributed by atoms with Crippen molar-refractivity contribution in [1.29, 1.82) is 0 Å². The van der Waals surface area contributed by atoms with Crippen LogP contribution in [0.15, 0.2) is 36.7 Å². The van der Waals surface area contributed by atoms with Gasteiger partial charge in [-0.15, -0.1) is 0 Å². The van der Waals surface area contributed by atoms with Gasteiger partial charge in [0.25, 0.3) is 0 Å². The smallest absolute Gasteiger partial charge is 0.0594 e. The van der Waals surface area contributed by atoms with Gasteiger partial charge in [0, 0.05) is 30.9 Å². The van der Waals surface area contributed by atoms with Crippen molar-refractivity contribution in [2.45, 2.75) is 44.8 Å². The fourth-order valence-corrected chi connectivity index (χ4v) is 3.07. The van der Waals surface area contributed by atoms with Gasteiger partial charge in [-0.05, 0) is 23.8 Å². The average Bonchev–Trinajstić information content (AvgIpc) is 2.56. The third-order valence-corrected chi connectivity index (χ3v) is 4.25. The van der Waals surface area contributed by atoms with E-state index in [1.807, 2.05) is 12.4 Å². The number of benzene rings is 1. The summed E-state index contributed by atoms with van der Waals surface area (Å²) in [5.41, 5.74) is 1.26. The van der Waals surface area contributed by atoms with Gasteiger partial charge in [0.1, 0.15) is 0 Å². The summed E-state index contributed by atoms with van der Waals surface area (Å²) in [6, 6.07) is 8.40. The van der Waals surface area contributed by atoms with Crippen LogP contribution in [0.1, 0.15) is 37.7 Å². The Morgan fingerprint density at radius 2 is 1.95 bits per heavy atom. The van der Waals surface area contributed by atoms with Crippen LogP contribution in [0.2, 0.25) is 0 Å². The Morgan fingerprint density at radius 1 is 1.10 bits per heavy atom. The van der Waals surface area contributed by atoms with Crippen molar-refractivity contribution in [3.8, 4) is 0 Å². The first kappa shape index (κ1) is 14.5. The summed E-state index contributed by atoms with van der Waals surface area (Å²) in [7, 11) is 0. The second kappa shape index (κ2) is 7.53. The minimum Gasteiger partial charge on any atom is -0.377 e. The molecule has 112 valence electrons. The van der Waals surface area contributed by atoms with Crippen molar-refractivity contribution in [2.24, 2.45) is 0 Å². The summed E-state index contributed by atoms with van der Waals surface area (Å²) in [5, 5.41) is 5.96. The molecule has 3 nitrogen and oxygen atoms in total. The fourth-order valence-electron chi connectivity index (χ4n) is 3.07. The number of nitrogens with one attached hydrogen (secondary N) is 1. The van der Waals surface area contributed by atoms with Crippen LogP contribution in [0.4, 0.5) is 0 Å². The summed E-state index contributed by atoms with van der Waals surface area (Å²) in [6.07, 6.45) is 10.9. The normalized spacial score (nSPS) is 16.4. The monoisotopic (exact) mass is 284 g/mol. The molecule has 2 aromatic rings. The number of ether oxygens (including phenoxy) is 1. The number of aromatic nitrogens is 1. The maximum atomic E-state index is 5.93. The molecule has 1 aliphatic rings. The van der Waals surface area contributed by atoms with Crippen LogP contribution < -0.4 is 5.32 Å². The maximum Gasteiger partial charge on any atom is 0.0594 e. The Bertz CT molecular complexity index is 559. The van der Waals surface area contributed by atoms with Gasteiger partial charge in [-0.3, -0.25) is 4.98 Å². The Balaban J connectivity index is 1.44. The molecule has 1 aromatic heterocycles. The zero-order valence-electron chi connectivity index (χ0n) is 12.6. The van der Waals surface area contributed by atoms with Crippen molar-refractivity contribution < 1.29 is 4.74 Å². The molecule has 1 aromatic carbocycles. The Labute approximate surface area is 126 Å². The molecule has 0 saturated heterocycles. The maximum absolute atomic E-state index is 5.93. The topological polar surface area (TPSA) is 34.1 Å². The summed E-state index contributed by atoms with van der Waals surface area (Å²) >= 11 is 0. The van der Waals surface area contributed by atoms with Crippen LogP contribution in [0.3, 0.4) is 0 Å². The molecule has 0 aliphatic heterocycles. The highest BCUT2D eigenvalue weighted by Crippen LogP contribution is 2.20. The van der Waals surface area contributed by atoms with E-state index in [4.69, 9.17) is 4.74 Å². The number of rotatable bonds is 6. The van der Waals surface area contributed by atoms with E-state index >= 15 is 0 Å². The predicted molar refractivity (Wildman–Crippen MR) is 86.3 cm³/mol. The van der Waals surface area contributed by atoms with Crippen LogP contribution in [0, 0.1) is 0 Å². The molecule has 1 fully saturated rings. The highest BCUT2D eigenvalue weighted by molar-refractivity contribution is 5.84. The van der Waals surface area contributed by atoms with Gasteiger partial charge in [0.15, 0.2) is 0 Å². The van der Waals surface area contributed by atoms with Gasteiger partial charge in [0.2, 0.25) is 0 Å². The minimum absolute atomic E-state index is 0.500. The Kier molecular flexibility index (Phi) is 5.19.